The zero-order chi connectivity index (χ0) is 19.9. The van der Waals surface area contributed by atoms with Crippen molar-refractivity contribution < 1.29 is 22.7 Å². The van der Waals surface area contributed by atoms with E-state index in [0.29, 0.717) is 23.8 Å². The highest BCUT2D eigenvalue weighted by Gasteiger charge is 2.16. The normalized spacial score (nSPS) is 11.1. The van der Waals surface area contributed by atoms with Gasteiger partial charge in [0.1, 0.15) is 11.5 Å². The average Bonchev–Trinajstić information content (AvgIpc) is 2.66. The molecule has 0 aliphatic carbocycles. The topological polar surface area (TPSA) is 84.9 Å². The van der Waals surface area contributed by atoms with Gasteiger partial charge in [0.25, 0.3) is 0 Å². The summed E-state index contributed by atoms with van der Waals surface area (Å²) in [5.74, 6) is 1.11. The summed E-state index contributed by atoms with van der Waals surface area (Å²) in [5.41, 5.74) is 0.670. The minimum Gasteiger partial charge on any atom is -0.497 e. The highest BCUT2D eigenvalue weighted by molar-refractivity contribution is 7.89. The lowest BCUT2D eigenvalue weighted by Crippen LogP contribution is -2.37. The van der Waals surface area contributed by atoms with Gasteiger partial charge >= 0.3 is 0 Å². The molecule has 0 heterocycles. The molecule has 146 valence electrons. The first-order chi connectivity index (χ1) is 12.9. The van der Waals surface area contributed by atoms with Crippen LogP contribution in [0.25, 0.3) is 0 Å². The summed E-state index contributed by atoms with van der Waals surface area (Å²) in [5, 5.41) is 0. The number of nitrogens with one attached hydrogen (secondary N) is 1. The van der Waals surface area contributed by atoms with Crippen LogP contribution in [0.3, 0.4) is 0 Å². The second kappa shape index (κ2) is 9.38. The van der Waals surface area contributed by atoms with Gasteiger partial charge in [-0.3, -0.25) is 4.79 Å². The molecule has 1 N–H and O–H groups in total. The third-order valence-corrected chi connectivity index (χ3v) is 5.31. The maximum Gasteiger partial charge on any atom is 0.240 e. The standard InChI is InChI=1S/C19H24N2O5S/c1-4-26-18-9-11-19(12-10-18)27(23,24)20-13-14-21(15(2)22)16-5-7-17(25-3)8-6-16/h5-12,20H,4,13-14H2,1-3H3. The van der Waals surface area contributed by atoms with Gasteiger partial charge in [-0.25, -0.2) is 13.1 Å². The van der Waals surface area contributed by atoms with Crippen molar-refractivity contribution >= 4 is 21.6 Å². The molecule has 0 saturated carbocycles. The molecule has 0 spiro atoms. The summed E-state index contributed by atoms with van der Waals surface area (Å²) < 4.78 is 37.7. The van der Waals surface area contributed by atoms with Crippen molar-refractivity contribution in [3.8, 4) is 11.5 Å². The van der Waals surface area contributed by atoms with Gasteiger partial charge in [0, 0.05) is 25.7 Å². The molecule has 0 aliphatic rings. The lowest BCUT2D eigenvalue weighted by atomic mass is 10.2. The number of benzene rings is 2. The summed E-state index contributed by atoms with van der Waals surface area (Å²) in [6.07, 6.45) is 0. The molecule has 2 aromatic rings. The fourth-order valence-corrected chi connectivity index (χ4v) is 3.51. The molecule has 0 bridgehead atoms. The van der Waals surface area contributed by atoms with Gasteiger partial charge in [0.2, 0.25) is 15.9 Å². The smallest absolute Gasteiger partial charge is 0.240 e. The van der Waals surface area contributed by atoms with Crippen LogP contribution in [0.5, 0.6) is 11.5 Å². The first kappa shape index (κ1) is 20.7. The lowest BCUT2D eigenvalue weighted by molar-refractivity contribution is -0.116. The number of rotatable bonds is 9. The van der Waals surface area contributed by atoms with Crippen molar-refractivity contribution in [2.24, 2.45) is 0 Å². The van der Waals surface area contributed by atoms with Crippen LogP contribution in [0.15, 0.2) is 53.4 Å². The van der Waals surface area contributed by atoms with Crippen LogP contribution in [-0.4, -0.2) is 41.1 Å². The van der Waals surface area contributed by atoms with Crippen LogP contribution >= 0.6 is 0 Å². The number of hydrogen-bond donors (Lipinski definition) is 1. The number of nitrogens with zero attached hydrogens (tertiary/aromatic N) is 1. The lowest BCUT2D eigenvalue weighted by Gasteiger charge is -2.21. The van der Waals surface area contributed by atoms with Crippen molar-refractivity contribution in [2.45, 2.75) is 18.7 Å². The molecular weight excluding hydrogens is 368 g/mol. The maximum atomic E-state index is 12.4. The quantitative estimate of drug-likeness (QED) is 0.708. The van der Waals surface area contributed by atoms with E-state index in [2.05, 4.69) is 4.72 Å². The first-order valence-corrected chi connectivity index (χ1v) is 10.0. The molecular formula is C19H24N2O5S. The third-order valence-electron chi connectivity index (χ3n) is 3.84. The van der Waals surface area contributed by atoms with Gasteiger partial charge in [-0.15, -0.1) is 0 Å². The Kier molecular flexibility index (Phi) is 7.20. The minimum absolute atomic E-state index is 0.0845. The van der Waals surface area contributed by atoms with Gasteiger partial charge in [0.15, 0.2) is 0 Å². The van der Waals surface area contributed by atoms with Crippen molar-refractivity contribution in [1.29, 1.82) is 0 Å². The van der Waals surface area contributed by atoms with E-state index in [4.69, 9.17) is 9.47 Å². The van der Waals surface area contributed by atoms with Gasteiger partial charge < -0.3 is 14.4 Å². The number of sulfonamides is 1. The number of hydrogen-bond acceptors (Lipinski definition) is 5. The van der Waals surface area contributed by atoms with Gasteiger partial charge in [0.05, 0.1) is 18.6 Å². The summed E-state index contributed by atoms with van der Waals surface area (Å²) in [7, 11) is -2.11. The van der Waals surface area contributed by atoms with Gasteiger partial charge in [-0.2, -0.15) is 0 Å². The van der Waals surface area contributed by atoms with Crippen molar-refractivity contribution in [3.05, 3.63) is 48.5 Å². The van der Waals surface area contributed by atoms with E-state index in [1.54, 1.807) is 43.5 Å². The Morgan fingerprint density at radius 3 is 2.15 bits per heavy atom. The Hall–Kier alpha value is -2.58. The zero-order valence-electron chi connectivity index (χ0n) is 15.6. The Morgan fingerprint density at radius 2 is 1.63 bits per heavy atom. The highest BCUT2D eigenvalue weighted by atomic mass is 32.2. The van der Waals surface area contributed by atoms with Crippen LogP contribution in [0.2, 0.25) is 0 Å². The second-order valence-corrected chi connectivity index (χ2v) is 7.44. The first-order valence-electron chi connectivity index (χ1n) is 8.52. The van der Waals surface area contributed by atoms with Crippen LogP contribution in [0, 0.1) is 0 Å². The molecule has 0 aromatic heterocycles. The number of methoxy groups -OCH3 is 1. The van der Waals surface area contributed by atoms with Crippen LogP contribution in [-0.2, 0) is 14.8 Å². The largest absolute Gasteiger partial charge is 0.497 e. The molecule has 0 saturated heterocycles. The van der Waals surface area contributed by atoms with E-state index < -0.39 is 10.0 Å². The van der Waals surface area contributed by atoms with Crippen LogP contribution < -0.4 is 19.1 Å². The Bertz CT molecular complexity index is 849. The van der Waals surface area contributed by atoms with E-state index in [9.17, 15) is 13.2 Å². The molecule has 0 unspecified atom stereocenters. The average molecular weight is 392 g/mol. The highest BCUT2D eigenvalue weighted by Crippen LogP contribution is 2.19. The number of carbonyl (C=O) groups is 1. The number of ether oxygens (including phenoxy) is 2. The summed E-state index contributed by atoms with van der Waals surface area (Å²) in [6.45, 7) is 4.09. The Morgan fingerprint density at radius 1 is 1.04 bits per heavy atom. The molecule has 0 fully saturated rings. The number of amides is 1. The SMILES string of the molecule is CCOc1ccc(S(=O)(=O)NCCN(C(C)=O)c2ccc(OC)cc2)cc1. The van der Waals surface area contributed by atoms with Crippen molar-refractivity contribution in [2.75, 3.05) is 31.7 Å². The molecule has 0 radical (unpaired) electrons. The predicted octanol–water partition coefficient (Wildman–Crippen LogP) is 2.43. The number of anilines is 1. The summed E-state index contributed by atoms with van der Waals surface area (Å²) in [6, 6.07) is 13.2. The molecule has 2 rings (SSSR count). The van der Waals surface area contributed by atoms with E-state index >= 15 is 0 Å². The van der Waals surface area contributed by atoms with E-state index in [-0.39, 0.29) is 23.9 Å². The van der Waals surface area contributed by atoms with Crippen molar-refractivity contribution in [1.82, 2.24) is 4.72 Å². The fourth-order valence-electron chi connectivity index (χ4n) is 2.49. The maximum absolute atomic E-state index is 12.4. The molecule has 8 heteroatoms. The Balaban J connectivity index is 2.01. The van der Waals surface area contributed by atoms with Crippen molar-refractivity contribution in [3.63, 3.8) is 0 Å². The zero-order valence-corrected chi connectivity index (χ0v) is 16.5. The van der Waals surface area contributed by atoms with Gasteiger partial charge in [-0.1, -0.05) is 0 Å². The predicted molar refractivity (Wildman–Crippen MR) is 104 cm³/mol. The van der Waals surface area contributed by atoms with Gasteiger partial charge in [-0.05, 0) is 55.5 Å². The summed E-state index contributed by atoms with van der Waals surface area (Å²) >= 11 is 0. The minimum atomic E-state index is -3.67. The third kappa shape index (κ3) is 5.70. The number of carbonyl (C=O) groups excluding carboxylic acids is 1. The van der Waals surface area contributed by atoms with E-state index in [0.717, 1.165) is 0 Å². The molecule has 0 aliphatic heterocycles. The van der Waals surface area contributed by atoms with Crippen LogP contribution in [0.4, 0.5) is 5.69 Å². The molecule has 1 amide bonds. The van der Waals surface area contributed by atoms with E-state index in [1.165, 1.54) is 24.0 Å². The fraction of sp³-hybridized carbons (Fsp3) is 0.316. The summed E-state index contributed by atoms with van der Waals surface area (Å²) in [4.78, 5) is 13.6. The second-order valence-electron chi connectivity index (χ2n) is 5.67. The molecule has 27 heavy (non-hydrogen) atoms. The van der Waals surface area contributed by atoms with E-state index in [1.807, 2.05) is 6.92 Å². The Labute approximate surface area is 160 Å². The monoisotopic (exact) mass is 392 g/mol. The van der Waals surface area contributed by atoms with Crippen LogP contribution in [0.1, 0.15) is 13.8 Å². The molecule has 0 atom stereocenters. The molecule has 2 aromatic carbocycles. The molecule has 7 nitrogen and oxygen atoms in total.